The molecule has 0 bridgehead atoms. The smallest absolute Gasteiger partial charge is 0.327 e. The number of halogens is 2. The van der Waals surface area contributed by atoms with Crippen LogP contribution in [0.25, 0.3) is 0 Å². The second-order valence-corrected chi connectivity index (χ2v) is 3.69. The number of nitro groups is 1. The summed E-state index contributed by atoms with van der Waals surface area (Å²) in [7, 11) is 0. The van der Waals surface area contributed by atoms with Crippen LogP contribution in [0.5, 0.6) is 11.8 Å². The summed E-state index contributed by atoms with van der Waals surface area (Å²) < 4.78 is 5.22. The van der Waals surface area contributed by atoms with E-state index in [2.05, 4.69) is 15.0 Å². The Bertz CT molecular complexity index is 571. The van der Waals surface area contributed by atoms with Gasteiger partial charge in [0.05, 0.1) is 4.92 Å². The van der Waals surface area contributed by atoms with E-state index in [9.17, 15) is 10.1 Å². The zero-order chi connectivity index (χ0) is 13.1. The molecule has 1 aromatic carbocycles. The Balaban J connectivity index is 2.20. The molecule has 1 aromatic heterocycles. The molecule has 18 heavy (non-hydrogen) atoms. The fraction of sp³-hybridized carbons (Fsp3) is 0. The van der Waals surface area contributed by atoms with Gasteiger partial charge in [-0.3, -0.25) is 10.1 Å². The van der Waals surface area contributed by atoms with Crippen molar-refractivity contribution in [3.8, 4) is 11.8 Å². The summed E-state index contributed by atoms with van der Waals surface area (Å²) >= 11 is 11.1. The van der Waals surface area contributed by atoms with Crippen molar-refractivity contribution in [1.82, 2.24) is 15.0 Å². The number of rotatable bonds is 3. The molecule has 9 heteroatoms. The molecular weight excluding hydrogens is 283 g/mol. The monoisotopic (exact) mass is 286 g/mol. The Morgan fingerprint density at radius 3 is 2.11 bits per heavy atom. The first kappa shape index (κ1) is 12.5. The SMILES string of the molecule is O=[N+]([O-])c1ccc(Oc2nc(Cl)nc(Cl)n2)cc1. The van der Waals surface area contributed by atoms with Crippen molar-refractivity contribution in [3.05, 3.63) is 44.9 Å². The predicted octanol–water partition coefficient (Wildman–Crippen LogP) is 2.88. The molecule has 0 aliphatic carbocycles. The Kier molecular flexibility index (Phi) is 3.54. The number of nitro benzene ring substituents is 1. The van der Waals surface area contributed by atoms with Gasteiger partial charge in [-0.1, -0.05) is 0 Å². The molecule has 0 N–H and O–H groups in total. The summed E-state index contributed by atoms with van der Waals surface area (Å²) in [6.07, 6.45) is 0. The van der Waals surface area contributed by atoms with Gasteiger partial charge in [-0.15, -0.1) is 0 Å². The van der Waals surface area contributed by atoms with Crippen molar-refractivity contribution >= 4 is 28.9 Å². The number of hydrogen-bond donors (Lipinski definition) is 0. The zero-order valence-electron chi connectivity index (χ0n) is 8.58. The van der Waals surface area contributed by atoms with Gasteiger partial charge < -0.3 is 4.74 Å². The van der Waals surface area contributed by atoms with Crippen molar-refractivity contribution in [1.29, 1.82) is 0 Å². The zero-order valence-corrected chi connectivity index (χ0v) is 10.1. The molecule has 0 fully saturated rings. The molecule has 2 aromatic rings. The Morgan fingerprint density at radius 2 is 1.61 bits per heavy atom. The Hall–Kier alpha value is -1.99. The normalized spacial score (nSPS) is 10.1. The van der Waals surface area contributed by atoms with Crippen LogP contribution in [0.4, 0.5) is 5.69 Å². The van der Waals surface area contributed by atoms with E-state index in [1.807, 2.05) is 0 Å². The first-order valence-corrected chi connectivity index (χ1v) is 5.29. The third-order valence-electron chi connectivity index (χ3n) is 1.82. The lowest BCUT2D eigenvalue weighted by Crippen LogP contribution is -1.95. The minimum atomic E-state index is -0.513. The van der Waals surface area contributed by atoms with Crippen LogP contribution < -0.4 is 4.74 Å². The second-order valence-electron chi connectivity index (χ2n) is 3.01. The van der Waals surface area contributed by atoms with Gasteiger partial charge in [0.25, 0.3) is 5.69 Å². The first-order chi connectivity index (χ1) is 8.54. The Morgan fingerprint density at radius 1 is 1.06 bits per heavy atom. The summed E-state index contributed by atoms with van der Waals surface area (Å²) in [4.78, 5) is 20.9. The number of nitrogens with zero attached hydrogens (tertiary/aromatic N) is 4. The molecule has 92 valence electrons. The summed E-state index contributed by atoms with van der Waals surface area (Å²) in [5.41, 5.74) is -0.0472. The van der Waals surface area contributed by atoms with Gasteiger partial charge in [0.2, 0.25) is 10.6 Å². The van der Waals surface area contributed by atoms with Crippen molar-refractivity contribution in [2.75, 3.05) is 0 Å². The van der Waals surface area contributed by atoms with Crippen molar-refractivity contribution < 1.29 is 9.66 Å². The van der Waals surface area contributed by atoms with Crippen LogP contribution in [0.2, 0.25) is 10.6 Å². The lowest BCUT2D eigenvalue weighted by atomic mass is 10.3. The van der Waals surface area contributed by atoms with E-state index in [-0.39, 0.29) is 22.3 Å². The number of aromatic nitrogens is 3. The predicted molar refractivity (Wildman–Crippen MR) is 63.0 cm³/mol. The molecule has 1 heterocycles. The van der Waals surface area contributed by atoms with Crippen LogP contribution in [-0.2, 0) is 0 Å². The van der Waals surface area contributed by atoms with Crippen molar-refractivity contribution in [2.24, 2.45) is 0 Å². The molecule has 0 aliphatic rings. The lowest BCUT2D eigenvalue weighted by molar-refractivity contribution is -0.384. The van der Waals surface area contributed by atoms with Gasteiger partial charge in [0.15, 0.2) is 0 Å². The maximum absolute atomic E-state index is 10.5. The molecule has 0 atom stereocenters. The van der Waals surface area contributed by atoms with Crippen LogP contribution in [0.3, 0.4) is 0 Å². The van der Waals surface area contributed by atoms with Crippen LogP contribution in [0.15, 0.2) is 24.3 Å². The van der Waals surface area contributed by atoms with Crippen molar-refractivity contribution in [2.45, 2.75) is 0 Å². The summed E-state index contributed by atoms with van der Waals surface area (Å²) in [6.45, 7) is 0. The van der Waals surface area contributed by atoms with Crippen LogP contribution in [-0.4, -0.2) is 19.9 Å². The minimum Gasteiger partial charge on any atom is -0.424 e. The molecule has 2 rings (SSSR count). The standard InChI is InChI=1S/C9H4Cl2N4O3/c10-7-12-8(11)14-9(13-7)18-6-3-1-5(2-4-6)15(16)17/h1-4H. The molecule has 0 aliphatic heterocycles. The van der Waals surface area contributed by atoms with Crippen molar-refractivity contribution in [3.63, 3.8) is 0 Å². The molecule has 0 unspecified atom stereocenters. The fourth-order valence-electron chi connectivity index (χ4n) is 1.10. The van der Waals surface area contributed by atoms with E-state index in [1.165, 1.54) is 24.3 Å². The second kappa shape index (κ2) is 5.11. The van der Waals surface area contributed by atoms with Gasteiger partial charge in [-0.25, -0.2) is 0 Å². The molecule has 0 radical (unpaired) electrons. The number of ether oxygens (including phenoxy) is 1. The van der Waals surface area contributed by atoms with Crippen LogP contribution in [0, 0.1) is 10.1 Å². The summed E-state index contributed by atoms with van der Waals surface area (Å²) in [5, 5.41) is 10.2. The van der Waals surface area contributed by atoms with Gasteiger partial charge in [0.1, 0.15) is 5.75 Å². The summed E-state index contributed by atoms with van der Waals surface area (Å²) in [6, 6.07) is 5.31. The highest BCUT2D eigenvalue weighted by molar-refractivity contribution is 6.31. The number of benzene rings is 1. The van der Waals surface area contributed by atoms with E-state index in [4.69, 9.17) is 27.9 Å². The molecule has 0 saturated carbocycles. The van der Waals surface area contributed by atoms with E-state index in [0.717, 1.165) is 0 Å². The third kappa shape index (κ3) is 3.02. The highest BCUT2D eigenvalue weighted by Crippen LogP contribution is 2.22. The average Bonchev–Trinajstić information content (AvgIpc) is 2.28. The average molecular weight is 287 g/mol. The van der Waals surface area contributed by atoms with Gasteiger partial charge in [-0.05, 0) is 35.3 Å². The van der Waals surface area contributed by atoms with E-state index >= 15 is 0 Å². The molecule has 7 nitrogen and oxygen atoms in total. The first-order valence-electron chi connectivity index (χ1n) is 4.54. The minimum absolute atomic E-state index is 0.0472. The maximum Gasteiger partial charge on any atom is 0.327 e. The topological polar surface area (TPSA) is 91.0 Å². The van der Waals surface area contributed by atoms with Gasteiger partial charge in [-0.2, -0.15) is 15.0 Å². The van der Waals surface area contributed by atoms with E-state index < -0.39 is 4.92 Å². The van der Waals surface area contributed by atoms with Gasteiger partial charge in [0, 0.05) is 12.1 Å². The molecule has 0 spiro atoms. The fourth-order valence-corrected chi connectivity index (χ4v) is 1.44. The molecule has 0 saturated heterocycles. The quantitative estimate of drug-likeness (QED) is 0.636. The molecular formula is C9H4Cl2N4O3. The summed E-state index contributed by atoms with van der Waals surface area (Å²) in [5.74, 6) is 0.318. The Labute approximate surface area is 111 Å². The van der Waals surface area contributed by atoms with E-state index in [1.54, 1.807) is 0 Å². The number of non-ortho nitro benzene ring substituents is 1. The number of hydrogen-bond acceptors (Lipinski definition) is 6. The largest absolute Gasteiger partial charge is 0.424 e. The third-order valence-corrected chi connectivity index (χ3v) is 2.16. The molecule has 0 amide bonds. The lowest BCUT2D eigenvalue weighted by Gasteiger charge is -2.03. The van der Waals surface area contributed by atoms with Crippen LogP contribution >= 0.6 is 23.2 Å². The van der Waals surface area contributed by atoms with E-state index in [0.29, 0.717) is 5.75 Å². The maximum atomic E-state index is 10.5. The van der Waals surface area contributed by atoms with Gasteiger partial charge >= 0.3 is 6.01 Å². The van der Waals surface area contributed by atoms with Crippen LogP contribution in [0.1, 0.15) is 0 Å². The highest BCUT2D eigenvalue weighted by atomic mass is 35.5. The highest BCUT2D eigenvalue weighted by Gasteiger charge is 2.08.